The van der Waals surface area contributed by atoms with Gasteiger partial charge in [0, 0.05) is 44.8 Å². The minimum atomic E-state index is -0.00736. The molecular weight excluding hydrogens is 550 g/mol. The summed E-state index contributed by atoms with van der Waals surface area (Å²) in [6, 6.07) is 21.7. The smallest absolute Gasteiger partial charge is 0.193 e. The molecule has 0 N–H and O–H groups in total. The highest BCUT2D eigenvalue weighted by atomic mass is 79.9. The molecule has 37 heavy (non-hydrogen) atoms. The van der Waals surface area contributed by atoms with Gasteiger partial charge in [0.25, 0.3) is 0 Å². The van der Waals surface area contributed by atoms with E-state index in [9.17, 15) is 4.79 Å². The first kappa shape index (κ1) is 22.3. The minimum absolute atomic E-state index is 0.00736. The zero-order chi connectivity index (χ0) is 24.9. The minimum Gasteiger partial charge on any atom is -0.471 e. The second-order valence-corrected chi connectivity index (χ2v) is 10.8. The number of nitrogens with zero attached hydrogens (tertiary/aromatic N) is 5. The van der Waals surface area contributed by atoms with E-state index in [4.69, 9.17) is 4.74 Å². The van der Waals surface area contributed by atoms with Gasteiger partial charge in [0.05, 0.1) is 22.1 Å². The summed E-state index contributed by atoms with van der Waals surface area (Å²) >= 11 is 5.24. The van der Waals surface area contributed by atoms with Crippen molar-refractivity contribution in [2.45, 2.75) is 22.9 Å². The Morgan fingerprint density at radius 2 is 1.92 bits per heavy atom. The molecule has 6 aromatic rings. The lowest BCUT2D eigenvalue weighted by Crippen LogP contribution is -2.17. The predicted molar refractivity (Wildman–Crippen MR) is 147 cm³/mol. The molecule has 1 aliphatic heterocycles. The number of benzene rings is 3. The van der Waals surface area contributed by atoms with Crippen LogP contribution in [0.25, 0.3) is 27.6 Å². The van der Waals surface area contributed by atoms with E-state index in [0.29, 0.717) is 23.1 Å². The van der Waals surface area contributed by atoms with E-state index in [0.717, 1.165) is 42.1 Å². The number of halogens is 1. The summed E-state index contributed by atoms with van der Waals surface area (Å²) < 4.78 is 11.0. The fourth-order valence-corrected chi connectivity index (χ4v) is 6.15. The van der Waals surface area contributed by atoms with Gasteiger partial charge in [-0.15, -0.1) is 5.10 Å². The molecule has 1 aliphatic rings. The van der Waals surface area contributed by atoms with Crippen LogP contribution in [-0.4, -0.2) is 24.5 Å². The van der Waals surface area contributed by atoms with Crippen LogP contribution >= 0.6 is 27.7 Å². The molecule has 0 bridgehead atoms. The Morgan fingerprint density at radius 3 is 2.81 bits per heavy atom. The van der Waals surface area contributed by atoms with Crippen LogP contribution in [0.4, 0.5) is 0 Å². The number of aromatic nitrogens is 5. The maximum Gasteiger partial charge on any atom is 0.193 e. The Hall–Kier alpha value is -3.95. The lowest BCUT2D eigenvalue weighted by Gasteiger charge is -2.24. The number of pyridine rings is 2. The normalized spacial score (nSPS) is 12.1. The molecule has 3 aromatic carbocycles. The lowest BCUT2D eigenvalue weighted by atomic mass is 10.0. The number of hydrogen-bond acceptors (Lipinski definition) is 6. The van der Waals surface area contributed by atoms with Crippen molar-refractivity contribution < 1.29 is 4.74 Å². The highest BCUT2D eigenvalue weighted by Gasteiger charge is 2.23. The fourth-order valence-electron chi connectivity index (χ4n) is 4.69. The zero-order valence-corrected chi connectivity index (χ0v) is 21.7. The average Bonchev–Trinajstić information content (AvgIpc) is 3.34. The Morgan fingerprint density at radius 1 is 1.00 bits per heavy atom. The molecule has 3 aromatic heterocycles. The van der Waals surface area contributed by atoms with E-state index in [1.54, 1.807) is 28.8 Å². The number of rotatable bonds is 5. The summed E-state index contributed by atoms with van der Waals surface area (Å²) in [4.78, 5) is 20.1. The summed E-state index contributed by atoms with van der Waals surface area (Å²) in [5.74, 6) is 0.609. The van der Waals surface area contributed by atoms with Crippen molar-refractivity contribution in [3.05, 3.63) is 111 Å². The van der Waals surface area contributed by atoms with Gasteiger partial charge >= 0.3 is 0 Å². The van der Waals surface area contributed by atoms with Crippen LogP contribution in [0.3, 0.4) is 0 Å². The van der Waals surface area contributed by atoms with Crippen molar-refractivity contribution in [3.8, 4) is 11.4 Å². The maximum atomic E-state index is 13.8. The summed E-state index contributed by atoms with van der Waals surface area (Å²) in [5.41, 5.74) is 5.29. The highest BCUT2D eigenvalue weighted by Crippen LogP contribution is 2.44. The zero-order valence-electron chi connectivity index (χ0n) is 19.3. The number of para-hydroxylation sites is 1. The Kier molecular flexibility index (Phi) is 5.33. The van der Waals surface area contributed by atoms with E-state index < -0.39 is 0 Å². The standard InChI is InChI=1S/C28H18BrN5O2S/c29-19-7-8-25-24(11-19)33-15-18(10-17-4-3-9-30-14-17)28(35)21-12-20(13-26(37-25)27(21)33)36-16-34-23-6-2-1-5-22(23)31-32-34/h1-9,11-15H,10,16H2. The van der Waals surface area contributed by atoms with Crippen LogP contribution in [-0.2, 0) is 13.2 Å². The van der Waals surface area contributed by atoms with Crippen LogP contribution in [0.5, 0.6) is 5.75 Å². The van der Waals surface area contributed by atoms with Gasteiger partial charge in [-0.2, -0.15) is 0 Å². The molecule has 0 saturated heterocycles. The molecular formula is C28H18BrN5O2S. The molecule has 7 nitrogen and oxygen atoms in total. The SMILES string of the molecule is O=c1c(Cc2cccnc2)cn2c3c(cc(OCn4nnc5ccccc54)cc13)Sc1ccc(Br)cc1-2. The molecule has 180 valence electrons. The first-order valence-electron chi connectivity index (χ1n) is 11.6. The number of fused-ring (bicyclic) bond motifs is 3. The third-order valence-corrected chi connectivity index (χ3v) is 7.99. The second kappa shape index (κ2) is 8.86. The van der Waals surface area contributed by atoms with E-state index in [1.807, 2.05) is 60.8 Å². The Balaban J connectivity index is 1.37. The van der Waals surface area contributed by atoms with Gasteiger partial charge in [-0.3, -0.25) is 9.78 Å². The molecule has 7 rings (SSSR count). The van der Waals surface area contributed by atoms with Crippen molar-refractivity contribution in [1.82, 2.24) is 24.5 Å². The molecule has 0 amide bonds. The van der Waals surface area contributed by atoms with Crippen molar-refractivity contribution in [2.24, 2.45) is 0 Å². The van der Waals surface area contributed by atoms with Crippen LogP contribution in [0.2, 0.25) is 0 Å². The van der Waals surface area contributed by atoms with Gasteiger partial charge in [0.15, 0.2) is 12.2 Å². The predicted octanol–water partition coefficient (Wildman–Crippen LogP) is 5.98. The number of hydrogen-bond donors (Lipinski definition) is 0. The van der Waals surface area contributed by atoms with Crippen molar-refractivity contribution in [3.63, 3.8) is 0 Å². The van der Waals surface area contributed by atoms with Gasteiger partial charge in [0.1, 0.15) is 11.3 Å². The molecule has 9 heteroatoms. The van der Waals surface area contributed by atoms with Crippen LogP contribution < -0.4 is 10.2 Å². The van der Waals surface area contributed by atoms with Crippen LogP contribution in [0.1, 0.15) is 11.1 Å². The summed E-state index contributed by atoms with van der Waals surface area (Å²) in [5, 5.41) is 9.04. The largest absolute Gasteiger partial charge is 0.471 e. The molecule has 0 spiro atoms. The second-order valence-electron chi connectivity index (χ2n) is 8.77. The van der Waals surface area contributed by atoms with Crippen LogP contribution in [0.15, 0.2) is 104 Å². The summed E-state index contributed by atoms with van der Waals surface area (Å²) in [6.07, 6.45) is 5.99. The number of ether oxygens (including phenoxy) is 1. The lowest BCUT2D eigenvalue weighted by molar-refractivity contribution is 0.223. The average molecular weight is 568 g/mol. The van der Waals surface area contributed by atoms with E-state index in [2.05, 4.69) is 47.9 Å². The van der Waals surface area contributed by atoms with Gasteiger partial charge in [0.2, 0.25) is 0 Å². The molecule has 0 aliphatic carbocycles. The molecule has 0 unspecified atom stereocenters. The van der Waals surface area contributed by atoms with Gasteiger partial charge < -0.3 is 9.30 Å². The van der Waals surface area contributed by atoms with E-state index >= 15 is 0 Å². The molecule has 0 saturated carbocycles. The van der Waals surface area contributed by atoms with E-state index in [-0.39, 0.29) is 12.2 Å². The van der Waals surface area contributed by atoms with E-state index in [1.165, 1.54) is 0 Å². The highest BCUT2D eigenvalue weighted by molar-refractivity contribution is 9.10. The van der Waals surface area contributed by atoms with Crippen molar-refractivity contribution >= 4 is 49.6 Å². The maximum absolute atomic E-state index is 13.8. The first-order valence-corrected chi connectivity index (χ1v) is 13.2. The first-order chi connectivity index (χ1) is 18.1. The van der Waals surface area contributed by atoms with Gasteiger partial charge in [-0.1, -0.05) is 51.1 Å². The third-order valence-electron chi connectivity index (χ3n) is 6.40. The van der Waals surface area contributed by atoms with Crippen LogP contribution in [0, 0.1) is 0 Å². The van der Waals surface area contributed by atoms with Gasteiger partial charge in [-0.25, -0.2) is 4.68 Å². The molecule has 0 atom stereocenters. The Labute approximate surface area is 223 Å². The van der Waals surface area contributed by atoms with Crippen molar-refractivity contribution in [2.75, 3.05) is 0 Å². The van der Waals surface area contributed by atoms with Gasteiger partial charge in [-0.05, 0) is 54.1 Å². The monoisotopic (exact) mass is 567 g/mol. The fraction of sp³-hybridized carbons (Fsp3) is 0.0714. The quantitative estimate of drug-likeness (QED) is 0.254. The molecule has 0 radical (unpaired) electrons. The third kappa shape index (κ3) is 3.91. The molecule has 0 fully saturated rings. The molecule has 4 heterocycles. The summed E-state index contributed by atoms with van der Waals surface area (Å²) in [7, 11) is 0. The van der Waals surface area contributed by atoms with Crippen molar-refractivity contribution in [1.29, 1.82) is 0 Å². The topological polar surface area (TPSA) is 74.8 Å². The summed E-state index contributed by atoms with van der Waals surface area (Å²) in [6.45, 7) is 0.184. The Bertz CT molecular complexity index is 1880.